The first-order valence-electron chi connectivity index (χ1n) is 11.2. The molecule has 1 N–H and O–H groups in total. The molecular weight excluding hydrogens is 406 g/mol. The van der Waals surface area contributed by atoms with Crippen molar-refractivity contribution in [3.05, 3.63) is 59.2 Å². The van der Waals surface area contributed by atoms with Crippen molar-refractivity contribution in [1.29, 1.82) is 0 Å². The number of methoxy groups -OCH3 is 2. The van der Waals surface area contributed by atoms with Crippen LogP contribution >= 0.6 is 0 Å². The second kappa shape index (κ2) is 10.0. The largest absolute Gasteiger partial charge is 0.493 e. The molecule has 4 rings (SSSR count). The zero-order valence-electron chi connectivity index (χ0n) is 18.8. The molecule has 0 radical (unpaired) electrons. The average Bonchev–Trinajstić information content (AvgIpc) is 3.45. The quantitative estimate of drug-likeness (QED) is 0.653. The van der Waals surface area contributed by atoms with Crippen LogP contribution in [0.1, 0.15) is 46.8 Å². The number of nitrogens with one attached hydrogen (secondary N) is 1. The minimum atomic E-state index is -0.401. The summed E-state index contributed by atoms with van der Waals surface area (Å²) in [5.41, 5.74) is 2.53. The molecule has 7 nitrogen and oxygen atoms in total. The molecule has 2 aliphatic rings. The van der Waals surface area contributed by atoms with Crippen LogP contribution in [0.2, 0.25) is 0 Å². The van der Waals surface area contributed by atoms with E-state index in [4.69, 9.17) is 9.47 Å². The summed E-state index contributed by atoms with van der Waals surface area (Å²) >= 11 is 0. The van der Waals surface area contributed by atoms with Crippen molar-refractivity contribution in [1.82, 2.24) is 15.1 Å². The number of amides is 2. The summed E-state index contributed by atoms with van der Waals surface area (Å²) in [6, 6.07) is 12.8. The monoisotopic (exact) mass is 437 g/mol. The predicted molar refractivity (Wildman–Crippen MR) is 122 cm³/mol. The lowest BCUT2D eigenvalue weighted by molar-refractivity contribution is -0.122. The van der Waals surface area contributed by atoms with Gasteiger partial charge in [0.2, 0.25) is 5.91 Å². The van der Waals surface area contributed by atoms with Gasteiger partial charge >= 0.3 is 0 Å². The number of hydrogen-bond acceptors (Lipinski definition) is 5. The Labute approximate surface area is 189 Å². The van der Waals surface area contributed by atoms with E-state index in [-0.39, 0.29) is 18.2 Å². The fourth-order valence-corrected chi connectivity index (χ4v) is 4.60. The van der Waals surface area contributed by atoms with Crippen LogP contribution in [-0.4, -0.2) is 62.0 Å². The number of rotatable bonds is 9. The maximum atomic E-state index is 13.2. The Balaban J connectivity index is 1.53. The lowest BCUT2D eigenvalue weighted by Crippen LogP contribution is -2.37. The molecule has 1 unspecified atom stereocenters. The molecule has 32 heavy (non-hydrogen) atoms. The highest BCUT2D eigenvalue weighted by atomic mass is 16.5. The normalized spacial score (nSPS) is 16.7. The van der Waals surface area contributed by atoms with Crippen molar-refractivity contribution >= 4 is 11.8 Å². The number of nitrogens with zero attached hydrogens (tertiary/aromatic N) is 2. The first kappa shape index (κ1) is 22.1. The van der Waals surface area contributed by atoms with E-state index in [1.54, 1.807) is 19.1 Å². The van der Waals surface area contributed by atoms with Gasteiger partial charge in [-0.15, -0.1) is 0 Å². The Hall–Kier alpha value is -3.06. The summed E-state index contributed by atoms with van der Waals surface area (Å²) in [4.78, 5) is 30.2. The maximum absolute atomic E-state index is 13.2. The summed E-state index contributed by atoms with van der Waals surface area (Å²) in [6.45, 7) is 4.16. The Morgan fingerprint density at radius 2 is 1.81 bits per heavy atom. The average molecular weight is 438 g/mol. The third kappa shape index (κ3) is 4.72. The van der Waals surface area contributed by atoms with E-state index >= 15 is 0 Å². The van der Waals surface area contributed by atoms with E-state index < -0.39 is 6.04 Å². The van der Waals surface area contributed by atoms with Gasteiger partial charge in [0.15, 0.2) is 11.5 Å². The van der Waals surface area contributed by atoms with Gasteiger partial charge in [-0.3, -0.25) is 9.59 Å². The minimum Gasteiger partial charge on any atom is -0.493 e. The second-order valence-electron chi connectivity index (χ2n) is 8.32. The zero-order chi connectivity index (χ0) is 22.5. The number of carbonyl (C=O) groups is 2. The van der Waals surface area contributed by atoms with Gasteiger partial charge in [-0.1, -0.05) is 24.3 Å². The van der Waals surface area contributed by atoms with Gasteiger partial charge in [0, 0.05) is 25.2 Å². The molecule has 0 spiro atoms. The van der Waals surface area contributed by atoms with E-state index in [2.05, 4.69) is 10.2 Å². The van der Waals surface area contributed by atoms with Crippen molar-refractivity contribution in [2.75, 3.05) is 40.4 Å². The molecule has 2 aromatic rings. The van der Waals surface area contributed by atoms with E-state index in [0.717, 1.165) is 30.8 Å². The smallest absolute Gasteiger partial charge is 0.255 e. The molecule has 2 aliphatic heterocycles. The number of fused-ring (bicyclic) bond motifs is 1. The second-order valence-corrected chi connectivity index (χ2v) is 8.32. The molecule has 7 heteroatoms. The molecule has 1 atom stereocenters. The minimum absolute atomic E-state index is 0.0507. The van der Waals surface area contributed by atoms with Crippen LogP contribution in [0.15, 0.2) is 42.5 Å². The molecule has 0 bridgehead atoms. The van der Waals surface area contributed by atoms with Crippen molar-refractivity contribution in [3.8, 4) is 11.5 Å². The standard InChI is InChI=1S/C25H31N3O4/c1-31-22-10-9-18(15-23(22)32-2)21(16-24(29)26-11-14-27-12-5-6-13-27)28-17-19-7-3-4-8-20(19)25(28)30/h3-4,7-10,15,21H,5-6,11-14,16-17H2,1-2H3,(H,26,29). The third-order valence-corrected chi connectivity index (χ3v) is 6.35. The van der Waals surface area contributed by atoms with Gasteiger partial charge in [-0.2, -0.15) is 0 Å². The first-order chi connectivity index (χ1) is 15.6. The molecule has 2 heterocycles. The third-order valence-electron chi connectivity index (χ3n) is 6.35. The van der Waals surface area contributed by atoms with Crippen molar-refractivity contribution < 1.29 is 19.1 Å². The number of benzene rings is 2. The van der Waals surface area contributed by atoms with Gasteiger partial charge in [0.05, 0.1) is 26.7 Å². The van der Waals surface area contributed by atoms with Gasteiger partial charge < -0.3 is 24.6 Å². The highest BCUT2D eigenvalue weighted by molar-refractivity contribution is 5.98. The molecule has 0 aromatic heterocycles. The van der Waals surface area contributed by atoms with Gasteiger partial charge in [0.25, 0.3) is 5.91 Å². The molecule has 1 fully saturated rings. The van der Waals surface area contributed by atoms with Crippen LogP contribution in [0.4, 0.5) is 0 Å². The summed E-state index contributed by atoms with van der Waals surface area (Å²) < 4.78 is 10.8. The van der Waals surface area contributed by atoms with E-state index in [9.17, 15) is 9.59 Å². The molecule has 0 saturated carbocycles. The lowest BCUT2D eigenvalue weighted by Gasteiger charge is -2.28. The molecule has 1 saturated heterocycles. The predicted octanol–water partition coefficient (Wildman–Crippen LogP) is 3.00. The zero-order valence-corrected chi connectivity index (χ0v) is 18.8. The van der Waals surface area contributed by atoms with Gasteiger partial charge in [0.1, 0.15) is 0 Å². The Kier molecular flexibility index (Phi) is 6.95. The fourth-order valence-electron chi connectivity index (χ4n) is 4.60. The van der Waals surface area contributed by atoms with E-state index in [1.807, 2.05) is 42.5 Å². The molecule has 2 amide bonds. The topological polar surface area (TPSA) is 71.1 Å². The SMILES string of the molecule is COc1ccc(C(CC(=O)NCCN2CCCC2)N2Cc3ccccc3C2=O)cc1OC. The van der Waals surface area contributed by atoms with Gasteiger partial charge in [-0.25, -0.2) is 0 Å². The van der Waals surface area contributed by atoms with Crippen molar-refractivity contribution in [2.45, 2.75) is 31.8 Å². The number of carbonyl (C=O) groups excluding carboxylic acids is 2. The van der Waals surface area contributed by atoms with Crippen LogP contribution in [0.5, 0.6) is 11.5 Å². The molecular formula is C25H31N3O4. The van der Waals surface area contributed by atoms with Crippen LogP contribution in [-0.2, 0) is 11.3 Å². The summed E-state index contributed by atoms with van der Waals surface area (Å²) in [5.74, 6) is 1.08. The Morgan fingerprint density at radius 1 is 1.06 bits per heavy atom. The van der Waals surface area contributed by atoms with E-state index in [1.165, 1.54) is 12.8 Å². The highest BCUT2D eigenvalue weighted by Crippen LogP contribution is 2.37. The summed E-state index contributed by atoms with van der Waals surface area (Å²) in [5, 5.41) is 3.05. The number of ether oxygens (including phenoxy) is 2. The van der Waals surface area contributed by atoms with Crippen molar-refractivity contribution in [2.24, 2.45) is 0 Å². The van der Waals surface area contributed by atoms with Gasteiger partial charge in [-0.05, 0) is 55.3 Å². The lowest BCUT2D eigenvalue weighted by atomic mass is 10.0. The molecule has 170 valence electrons. The number of hydrogen-bond donors (Lipinski definition) is 1. The highest BCUT2D eigenvalue weighted by Gasteiger charge is 2.34. The summed E-state index contributed by atoms with van der Waals surface area (Å²) in [6.07, 6.45) is 2.65. The van der Waals surface area contributed by atoms with Crippen LogP contribution in [0.3, 0.4) is 0 Å². The Bertz CT molecular complexity index is 971. The van der Waals surface area contributed by atoms with E-state index in [0.29, 0.717) is 30.2 Å². The maximum Gasteiger partial charge on any atom is 0.255 e. The molecule has 2 aromatic carbocycles. The Morgan fingerprint density at radius 3 is 2.53 bits per heavy atom. The molecule has 0 aliphatic carbocycles. The van der Waals surface area contributed by atoms with Crippen LogP contribution in [0, 0.1) is 0 Å². The van der Waals surface area contributed by atoms with Crippen LogP contribution in [0.25, 0.3) is 0 Å². The number of likely N-dealkylation sites (tertiary alicyclic amines) is 1. The van der Waals surface area contributed by atoms with Crippen LogP contribution < -0.4 is 14.8 Å². The van der Waals surface area contributed by atoms with Crippen molar-refractivity contribution in [3.63, 3.8) is 0 Å². The fraction of sp³-hybridized carbons (Fsp3) is 0.440. The summed E-state index contributed by atoms with van der Waals surface area (Å²) in [7, 11) is 3.17. The first-order valence-corrected chi connectivity index (χ1v) is 11.2.